The van der Waals surface area contributed by atoms with E-state index in [1.807, 2.05) is 4.90 Å². The maximum atomic E-state index is 12.6. The summed E-state index contributed by atoms with van der Waals surface area (Å²) in [4.78, 5) is 18.3. The molecule has 0 radical (unpaired) electrons. The molecule has 1 fully saturated rings. The molecule has 5 nitrogen and oxygen atoms in total. The van der Waals surface area contributed by atoms with Crippen LogP contribution in [-0.4, -0.2) is 41.5 Å². The minimum Gasteiger partial charge on any atom is -0.456 e. The Bertz CT molecular complexity index is 701. The number of pyridine rings is 1. The highest BCUT2D eigenvalue weighted by Crippen LogP contribution is 2.30. The molecule has 1 aromatic carbocycles. The van der Waals surface area contributed by atoms with Crippen molar-refractivity contribution in [2.24, 2.45) is 0 Å². The summed E-state index contributed by atoms with van der Waals surface area (Å²) in [7, 11) is 0. The Hall–Kier alpha value is -1.53. The van der Waals surface area contributed by atoms with Crippen molar-refractivity contribution in [3.8, 4) is 11.5 Å². The number of amides is 1. The third kappa shape index (κ3) is 5.47. The van der Waals surface area contributed by atoms with Crippen LogP contribution in [-0.2, 0) is 0 Å². The third-order valence-corrected chi connectivity index (χ3v) is 4.01. The van der Waals surface area contributed by atoms with Crippen molar-refractivity contribution in [2.45, 2.75) is 13.0 Å². The lowest BCUT2D eigenvalue weighted by Gasteiger charge is -2.32. The van der Waals surface area contributed by atoms with Gasteiger partial charge in [0.25, 0.3) is 5.91 Å². The van der Waals surface area contributed by atoms with Gasteiger partial charge in [-0.05, 0) is 37.3 Å². The summed E-state index contributed by atoms with van der Waals surface area (Å²) in [6.07, 6.45) is 3.29. The lowest BCUT2D eigenvalue weighted by molar-refractivity contribution is 0.0709. The fourth-order valence-electron chi connectivity index (χ4n) is 2.55. The topological polar surface area (TPSA) is 54.5 Å². The number of nitrogens with one attached hydrogen (secondary N) is 1. The summed E-state index contributed by atoms with van der Waals surface area (Å²) in [6.45, 7) is 4.28. The molecule has 136 valence electrons. The predicted molar refractivity (Wildman–Crippen MR) is 104 cm³/mol. The normalized spacial score (nSPS) is 16.4. The van der Waals surface area contributed by atoms with E-state index in [1.165, 1.54) is 0 Å². The second-order valence-corrected chi connectivity index (χ2v) is 5.94. The van der Waals surface area contributed by atoms with Gasteiger partial charge in [0, 0.05) is 43.6 Å². The molecule has 0 bridgehead atoms. The molecule has 25 heavy (non-hydrogen) atoms. The van der Waals surface area contributed by atoms with Gasteiger partial charge in [-0.2, -0.15) is 0 Å². The fraction of sp³-hybridized carbons (Fsp3) is 0.294. The van der Waals surface area contributed by atoms with Gasteiger partial charge < -0.3 is 15.0 Å². The largest absolute Gasteiger partial charge is 0.456 e. The molecule has 0 spiro atoms. The van der Waals surface area contributed by atoms with Crippen molar-refractivity contribution in [1.82, 2.24) is 15.2 Å². The van der Waals surface area contributed by atoms with Gasteiger partial charge in [-0.1, -0.05) is 11.6 Å². The molecular weight excluding hydrogens is 385 g/mol. The molecule has 2 aromatic rings. The van der Waals surface area contributed by atoms with Gasteiger partial charge in [0.1, 0.15) is 11.5 Å². The van der Waals surface area contributed by atoms with Crippen molar-refractivity contribution in [3.63, 3.8) is 0 Å². The number of hydrogen-bond donors (Lipinski definition) is 1. The summed E-state index contributed by atoms with van der Waals surface area (Å²) >= 11 is 6.27. The average molecular weight is 405 g/mol. The van der Waals surface area contributed by atoms with Crippen molar-refractivity contribution in [3.05, 3.63) is 53.3 Å². The van der Waals surface area contributed by atoms with E-state index in [2.05, 4.69) is 17.2 Å². The van der Waals surface area contributed by atoms with Crippen molar-refractivity contribution in [2.75, 3.05) is 19.6 Å². The maximum absolute atomic E-state index is 12.6. The lowest BCUT2D eigenvalue weighted by Crippen LogP contribution is -2.51. The first kappa shape index (κ1) is 21.5. The second-order valence-electron chi connectivity index (χ2n) is 5.54. The molecule has 1 aromatic heterocycles. The molecule has 3 rings (SSSR count). The Morgan fingerprint density at radius 3 is 2.64 bits per heavy atom. The van der Waals surface area contributed by atoms with Gasteiger partial charge >= 0.3 is 0 Å². The first-order valence-corrected chi connectivity index (χ1v) is 7.91. The number of halogens is 3. The number of rotatable bonds is 3. The highest BCUT2D eigenvalue weighted by Gasteiger charge is 2.22. The lowest BCUT2D eigenvalue weighted by atomic mass is 10.1. The summed E-state index contributed by atoms with van der Waals surface area (Å²) in [5.41, 5.74) is 0.575. The minimum atomic E-state index is -0.00397. The van der Waals surface area contributed by atoms with Gasteiger partial charge in [-0.25, -0.2) is 0 Å². The van der Waals surface area contributed by atoms with E-state index in [1.54, 1.807) is 42.7 Å². The Morgan fingerprint density at radius 1 is 1.28 bits per heavy atom. The zero-order chi connectivity index (χ0) is 16.2. The van der Waals surface area contributed by atoms with E-state index < -0.39 is 0 Å². The number of carbonyl (C=O) groups is 1. The predicted octanol–water partition coefficient (Wildman–Crippen LogP) is 3.80. The molecule has 1 atom stereocenters. The first-order chi connectivity index (χ1) is 11.1. The molecule has 1 unspecified atom stereocenters. The minimum absolute atomic E-state index is 0. The Labute approximate surface area is 164 Å². The molecule has 1 N–H and O–H groups in total. The van der Waals surface area contributed by atoms with Gasteiger partial charge in [-0.3, -0.25) is 9.78 Å². The van der Waals surface area contributed by atoms with E-state index in [9.17, 15) is 4.79 Å². The van der Waals surface area contributed by atoms with Crippen LogP contribution in [0, 0.1) is 0 Å². The standard InChI is InChI=1S/C17H18ClN3O2.2ClH/c1-12-11-21(9-8-20-12)17(22)13-2-3-16(15(18)10-13)23-14-4-6-19-7-5-14;;/h2-7,10,12,20H,8-9,11H2,1H3;2*1H. The van der Waals surface area contributed by atoms with Gasteiger partial charge in [0.05, 0.1) is 5.02 Å². The molecule has 0 aliphatic carbocycles. The maximum Gasteiger partial charge on any atom is 0.254 e. The smallest absolute Gasteiger partial charge is 0.254 e. The molecular formula is C17H20Cl3N3O2. The van der Waals surface area contributed by atoms with Crippen LogP contribution in [0.3, 0.4) is 0 Å². The summed E-state index contributed by atoms with van der Waals surface area (Å²) in [5.74, 6) is 1.16. The van der Waals surface area contributed by atoms with Gasteiger partial charge in [0.15, 0.2) is 0 Å². The van der Waals surface area contributed by atoms with E-state index >= 15 is 0 Å². The van der Waals surface area contributed by atoms with Crippen LogP contribution in [0.15, 0.2) is 42.7 Å². The summed E-state index contributed by atoms with van der Waals surface area (Å²) in [6, 6.07) is 8.93. The van der Waals surface area contributed by atoms with Crippen LogP contribution < -0.4 is 10.1 Å². The van der Waals surface area contributed by atoms with Gasteiger partial charge in [0.2, 0.25) is 0 Å². The zero-order valence-electron chi connectivity index (χ0n) is 13.6. The van der Waals surface area contributed by atoms with Gasteiger partial charge in [-0.15, -0.1) is 24.8 Å². The number of ether oxygens (including phenoxy) is 1. The van der Waals surface area contributed by atoms with Crippen molar-refractivity contribution < 1.29 is 9.53 Å². The molecule has 0 saturated carbocycles. The van der Waals surface area contributed by atoms with Crippen molar-refractivity contribution >= 4 is 42.3 Å². The highest BCUT2D eigenvalue weighted by atomic mass is 35.5. The molecule has 1 amide bonds. The zero-order valence-corrected chi connectivity index (χ0v) is 16.0. The molecule has 8 heteroatoms. The third-order valence-electron chi connectivity index (χ3n) is 3.71. The molecule has 1 aliphatic heterocycles. The Morgan fingerprint density at radius 2 is 2.00 bits per heavy atom. The van der Waals surface area contributed by atoms with Crippen LogP contribution in [0.25, 0.3) is 0 Å². The van der Waals surface area contributed by atoms with Crippen LogP contribution in [0.4, 0.5) is 0 Å². The van der Waals surface area contributed by atoms with E-state index in [4.69, 9.17) is 16.3 Å². The quantitative estimate of drug-likeness (QED) is 0.845. The van der Waals surface area contributed by atoms with Crippen LogP contribution in [0.1, 0.15) is 17.3 Å². The molecule has 1 aliphatic rings. The van der Waals surface area contributed by atoms with E-state index in [-0.39, 0.29) is 30.7 Å². The fourth-order valence-corrected chi connectivity index (χ4v) is 2.77. The number of carbonyl (C=O) groups excluding carboxylic acids is 1. The number of piperazine rings is 1. The Balaban J connectivity index is 0.00000156. The summed E-state index contributed by atoms with van der Waals surface area (Å²) in [5, 5.41) is 3.73. The van der Waals surface area contributed by atoms with E-state index in [0.29, 0.717) is 41.2 Å². The van der Waals surface area contributed by atoms with Crippen LogP contribution in [0.2, 0.25) is 5.02 Å². The van der Waals surface area contributed by atoms with E-state index in [0.717, 1.165) is 6.54 Å². The molecule has 1 saturated heterocycles. The number of hydrogen-bond acceptors (Lipinski definition) is 4. The highest BCUT2D eigenvalue weighted by molar-refractivity contribution is 6.32. The SMILES string of the molecule is CC1CN(C(=O)c2ccc(Oc3ccncc3)c(Cl)c2)CCN1.Cl.Cl. The monoisotopic (exact) mass is 403 g/mol. The first-order valence-electron chi connectivity index (χ1n) is 7.53. The molecule has 2 heterocycles. The number of nitrogens with zero attached hydrogens (tertiary/aromatic N) is 2. The average Bonchev–Trinajstić information content (AvgIpc) is 2.57. The van der Waals surface area contributed by atoms with Crippen LogP contribution >= 0.6 is 36.4 Å². The number of aromatic nitrogens is 1. The number of benzene rings is 1. The van der Waals surface area contributed by atoms with Crippen LogP contribution in [0.5, 0.6) is 11.5 Å². The van der Waals surface area contributed by atoms with Crippen molar-refractivity contribution in [1.29, 1.82) is 0 Å². The Kier molecular flexibility index (Phi) is 8.45. The second kappa shape index (κ2) is 9.82. The summed E-state index contributed by atoms with van der Waals surface area (Å²) < 4.78 is 5.70.